The van der Waals surface area contributed by atoms with Gasteiger partial charge in [-0.15, -0.1) is 0 Å². The number of aromatic nitrogens is 1. The van der Waals surface area contributed by atoms with Crippen molar-refractivity contribution in [2.45, 2.75) is 32.0 Å². The van der Waals surface area contributed by atoms with Gasteiger partial charge in [0.25, 0.3) is 5.91 Å². The Labute approximate surface area is 290 Å². The smallest absolute Gasteiger partial charge is 0.416 e. The number of alkyl halides is 6. The number of halogens is 6. The third-order valence-corrected chi connectivity index (χ3v) is 9.30. The van der Waals surface area contributed by atoms with E-state index in [9.17, 15) is 35.9 Å². The minimum Gasteiger partial charge on any atom is -0.489 e. The number of hydrogen-bond donors (Lipinski definition) is 1. The highest BCUT2D eigenvalue weighted by atomic mass is 32.2. The van der Waals surface area contributed by atoms with Gasteiger partial charge >= 0.3 is 18.3 Å². The summed E-state index contributed by atoms with van der Waals surface area (Å²) in [6.45, 7) is -0.168. The van der Waals surface area contributed by atoms with Crippen LogP contribution in [-0.4, -0.2) is 30.8 Å². The van der Waals surface area contributed by atoms with Crippen molar-refractivity contribution in [1.82, 2.24) is 9.47 Å². The predicted octanol–water partition coefficient (Wildman–Crippen LogP) is 9.41. The summed E-state index contributed by atoms with van der Waals surface area (Å²) in [5.74, 6) is -1.11. The van der Waals surface area contributed by atoms with Crippen LogP contribution in [0.2, 0.25) is 0 Å². The Balaban J connectivity index is 1.38. The average Bonchev–Trinajstić information content (AvgIpc) is 3.54. The van der Waals surface area contributed by atoms with Crippen molar-refractivity contribution in [3.63, 3.8) is 0 Å². The number of hydrogen-bond acceptors (Lipinski definition) is 5. The molecule has 1 saturated heterocycles. The molecule has 0 atom stereocenters. The number of nitrogens with zero attached hydrogens (tertiary/aromatic N) is 2. The maximum atomic E-state index is 14.1. The molecule has 1 amide bonds. The molecule has 0 spiro atoms. The van der Waals surface area contributed by atoms with Crippen molar-refractivity contribution in [2.75, 3.05) is 0 Å². The molecule has 6 nitrogen and oxygen atoms in total. The summed E-state index contributed by atoms with van der Waals surface area (Å²) >= 11 is 6.44. The quantitative estimate of drug-likeness (QED) is 0.0928. The fraction of sp³-hybridized carbons (Fsp3) is 0.139. The number of benzene rings is 4. The van der Waals surface area contributed by atoms with Crippen molar-refractivity contribution in [3.05, 3.63) is 141 Å². The maximum Gasteiger partial charge on any atom is 0.416 e. The Morgan fingerprint density at radius 3 is 2.22 bits per heavy atom. The lowest BCUT2D eigenvalue weighted by Crippen LogP contribution is -2.27. The number of thioether (sulfide) groups is 1. The number of carboxylic acids is 1. The van der Waals surface area contributed by atoms with Crippen molar-refractivity contribution in [1.29, 1.82) is 0 Å². The Morgan fingerprint density at radius 2 is 1.56 bits per heavy atom. The molecule has 50 heavy (non-hydrogen) atoms. The number of thiocarbonyl (C=S) groups is 1. The van der Waals surface area contributed by atoms with Gasteiger partial charge in [0.05, 0.1) is 28.1 Å². The lowest BCUT2D eigenvalue weighted by atomic mass is 10.0. The van der Waals surface area contributed by atoms with Crippen LogP contribution in [0.15, 0.2) is 102 Å². The molecule has 0 unspecified atom stereocenters. The maximum absolute atomic E-state index is 14.1. The highest BCUT2D eigenvalue weighted by Crippen LogP contribution is 2.39. The van der Waals surface area contributed by atoms with E-state index < -0.39 is 47.5 Å². The summed E-state index contributed by atoms with van der Waals surface area (Å²) in [5, 5.41) is 9.72. The molecule has 1 N–H and O–H groups in total. The molecule has 4 aromatic carbocycles. The van der Waals surface area contributed by atoms with Crippen LogP contribution in [0.4, 0.5) is 26.3 Å². The van der Waals surface area contributed by atoms with Crippen molar-refractivity contribution < 1.29 is 45.8 Å². The Morgan fingerprint density at radius 1 is 0.840 bits per heavy atom. The summed E-state index contributed by atoms with van der Waals surface area (Å²) in [6, 6.07) is 23.4. The van der Waals surface area contributed by atoms with Gasteiger partial charge in [0, 0.05) is 23.1 Å². The van der Waals surface area contributed by atoms with Crippen LogP contribution >= 0.6 is 24.0 Å². The number of fused-ring (bicyclic) bond motifs is 1. The first-order valence-corrected chi connectivity index (χ1v) is 16.0. The molecule has 2 heterocycles. The third kappa shape index (κ3) is 7.55. The summed E-state index contributed by atoms with van der Waals surface area (Å²) in [4.78, 5) is 26.3. The number of carbonyl (C=O) groups excluding carboxylic acids is 1. The first kappa shape index (κ1) is 34.8. The van der Waals surface area contributed by atoms with Crippen LogP contribution in [0, 0.1) is 0 Å². The largest absolute Gasteiger partial charge is 0.489 e. The second-order valence-corrected chi connectivity index (χ2v) is 13.0. The standard InChI is InChI=1S/C36H24F6N2O4S2/c37-35(38,39)26-11-10-24(29(16-26)36(40,41)42)19-43-27(14-25-15-28(12-13-30(25)43)48-20-22-4-2-1-3-5-22)17-31-32(45)44(34(49)50-31)18-21-6-8-23(9-7-21)33(46)47/h1-17H,18-20H2,(H,46,47). The molecular weight excluding hydrogens is 703 g/mol. The Hall–Kier alpha value is -5.08. The molecule has 1 aliphatic rings. The molecule has 0 radical (unpaired) electrons. The topological polar surface area (TPSA) is 71.8 Å². The molecule has 0 bridgehead atoms. The zero-order valence-corrected chi connectivity index (χ0v) is 27.2. The van der Waals surface area contributed by atoms with Gasteiger partial charge in [-0.2, -0.15) is 26.3 Å². The van der Waals surface area contributed by atoms with Crippen molar-refractivity contribution in [2.24, 2.45) is 0 Å². The fourth-order valence-electron chi connectivity index (χ4n) is 5.43. The van der Waals surface area contributed by atoms with Gasteiger partial charge in [0.1, 0.15) is 16.7 Å². The van der Waals surface area contributed by atoms with E-state index in [0.29, 0.717) is 34.0 Å². The van der Waals surface area contributed by atoms with E-state index in [0.717, 1.165) is 23.4 Å². The normalized spacial score (nSPS) is 14.6. The van der Waals surface area contributed by atoms with E-state index in [4.69, 9.17) is 22.1 Å². The summed E-state index contributed by atoms with van der Waals surface area (Å²) < 4.78 is 90.3. The number of ether oxygens (including phenoxy) is 1. The average molecular weight is 727 g/mol. The Bertz CT molecular complexity index is 2140. The van der Waals surface area contributed by atoms with Crippen LogP contribution in [-0.2, 0) is 36.8 Å². The predicted molar refractivity (Wildman–Crippen MR) is 180 cm³/mol. The lowest BCUT2D eigenvalue weighted by Gasteiger charge is -2.18. The molecule has 0 saturated carbocycles. The Kier molecular flexibility index (Phi) is 9.51. The van der Waals surface area contributed by atoms with Gasteiger partial charge in [-0.25, -0.2) is 4.79 Å². The number of rotatable bonds is 9. The summed E-state index contributed by atoms with van der Waals surface area (Å²) in [5.41, 5.74) is -0.901. The van der Waals surface area contributed by atoms with E-state index in [1.54, 1.807) is 36.4 Å². The number of amides is 1. The van der Waals surface area contributed by atoms with E-state index in [1.807, 2.05) is 30.3 Å². The highest BCUT2D eigenvalue weighted by Gasteiger charge is 2.38. The van der Waals surface area contributed by atoms with Gasteiger partial charge in [0.2, 0.25) is 0 Å². The minimum atomic E-state index is -5.08. The third-order valence-electron chi connectivity index (χ3n) is 7.92. The van der Waals surface area contributed by atoms with E-state index in [1.165, 1.54) is 27.7 Å². The fourth-order valence-corrected chi connectivity index (χ4v) is 6.67. The lowest BCUT2D eigenvalue weighted by molar-refractivity contribution is -0.143. The van der Waals surface area contributed by atoms with Crippen LogP contribution in [0.5, 0.6) is 5.75 Å². The molecule has 0 aliphatic carbocycles. The van der Waals surface area contributed by atoms with Crippen LogP contribution in [0.25, 0.3) is 17.0 Å². The summed E-state index contributed by atoms with van der Waals surface area (Å²) in [7, 11) is 0. The molecule has 1 aromatic heterocycles. The van der Waals surface area contributed by atoms with E-state index >= 15 is 0 Å². The SMILES string of the molecule is O=C(O)c1ccc(CN2C(=O)C(=Cc3cc4cc(OCc5ccccc5)ccc4n3Cc3ccc(C(F)(F)F)cc3C(F)(F)F)SC2=S)cc1. The minimum absolute atomic E-state index is 0.0491. The van der Waals surface area contributed by atoms with Gasteiger partial charge in [-0.1, -0.05) is 72.5 Å². The molecule has 5 aromatic rings. The molecule has 1 fully saturated rings. The second-order valence-electron chi connectivity index (χ2n) is 11.3. The highest BCUT2D eigenvalue weighted by molar-refractivity contribution is 8.26. The first-order chi connectivity index (χ1) is 23.7. The first-order valence-electron chi connectivity index (χ1n) is 14.8. The van der Waals surface area contributed by atoms with Gasteiger partial charge in [-0.05, 0) is 71.3 Å². The zero-order valence-electron chi connectivity index (χ0n) is 25.6. The van der Waals surface area contributed by atoms with Crippen LogP contribution in [0.3, 0.4) is 0 Å². The molecular formula is C36H24F6N2O4S2. The molecule has 1 aliphatic heterocycles. The van der Waals surface area contributed by atoms with Crippen LogP contribution in [0.1, 0.15) is 43.9 Å². The molecule has 256 valence electrons. The number of carboxylic acid groups (broad SMARTS) is 1. The monoisotopic (exact) mass is 726 g/mol. The number of aromatic carboxylic acids is 1. The van der Waals surface area contributed by atoms with Gasteiger partial charge in [0.15, 0.2) is 0 Å². The second kappa shape index (κ2) is 13.7. The summed E-state index contributed by atoms with van der Waals surface area (Å²) in [6.07, 6.45) is -8.58. The van der Waals surface area contributed by atoms with Crippen LogP contribution < -0.4 is 4.74 Å². The van der Waals surface area contributed by atoms with Gasteiger partial charge < -0.3 is 14.4 Å². The molecule has 6 rings (SSSR count). The van der Waals surface area contributed by atoms with Crippen molar-refractivity contribution >= 4 is 57.2 Å². The zero-order chi connectivity index (χ0) is 35.8. The molecule has 14 heteroatoms. The van der Waals surface area contributed by atoms with E-state index in [2.05, 4.69) is 0 Å². The van der Waals surface area contributed by atoms with Gasteiger partial charge in [-0.3, -0.25) is 9.69 Å². The number of carbonyl (C=O) groups is 2. The van der Waals surface area contributed by atoms with E-state index in [-0.39, 0.29) is 34.0 Å². The van der Waals surface area contributed by atoms with Crippen molar-refractivity contribution in [3.8, 4) is 5.75 Å².